The fourth-order valence-corrected chi connectivity index (χ4v) is 5.76. The lowest BCUT2D eigenvalue weighted by Gasteiger charge is -2.35. The summed E-state index contributed by atoms with van der Waals surface area (Å²) in [6.45, 7) is 6.17. The maximum atomic E-state index is 14.0. The summed E-state index contributed by atoms with van der Waals surface area (Å²) in [7, 11) is 5.55. The van der Waals surface area contributed by atoms with Crippen LogP contribution in [0.3, 0.4) is 0 Å². The summed E-state index contributed by atoms with van der Waals surface area (Å²) in [6, 6.07) is 17.0. The first kappa shape index (κ1) is 27.5. The Bertz CT molecular complexity index is 2110. The van der Waals surface area contributed by atoms with E-state index in [9.17, 15) is 9.59 Å². The quantitative estimate of drug-likeness (QED) is 0.323. The second-order valence-corrected chi connectivity index (χ2v) is 11.3. The van der Waals surface area contributed by atoms with E-state index in [4.69, 9.17) is 4.98 Å². The van der Waals surface area contributed by atoms with E-state index in [2.05, 4.69) is 56.2 Å². The highest BCUT2D eigenvalue weighted by atomic mass is 16.2. The number of fused-ring (bicyclic) bond motifs is 4. The summed E-state index contributed by atoms with van der Waals surface area (Å²) < 4.78 is 3.18. The van der Waals surface area contributed by atoms with Crippen LogP contribution in [-0.4, -0.2) is 92.2 Å². The zero-order valence-electron chi connectivity index (χ0n) is 25.0. The normalized spacial score (nSPS) is 14.0. The van der Waals surface area contributed by atoms with Crippen molar-refractivity contribution in [1.82, 2.24) is 38.9 Å². The van der Waals surface area contributed by atoms with Gasteiger partial charge in [-0.05, 0) is 68.1 Å². The van der Waals surface area contributed by atoms with Crippen molar-refractivity contribution in [2.45, 2.75) is 6.92 Å². The third-order valence-corrected chi connectivity index (χ3v) is 8.09. The molecule has 12 nitrogen and oxygen atoms in total. The van der Waals surface area contributed by atoms with Crippen LogP contribution in [0.4, 0.5) is 17.3 Å². The number of aryl methyl sites for hydroxylation is 1. The van der Waals surface area contributed by atoms with Gasteiger partial charge >= 0.3 is 0 Å². The Morgan fingerprint density at radius 1 is 0.932 bits per heavy atom. The third kappa shape index (κ3) is 4.69. The first-order valence-corrected chi connectivity index (χ1v) is 14.5. The molecule has 0 radical (unpaired) electrons. The van der Waals surface area contributed by atoms with E-state index < -0.39 is 0 Å². The van der Waals surface area contributed by atoms with Crippen LogP contribution in [0.25, 0.3) is 33.4 Å². The van der Waals surface area contributed by atoms with Gasteiger partial charge < -0.3 is 20.0 Å². The standard InChI is InChI=1S/C32H32N10O2/c1-20-17-22(9-11-25(20)40-15-13-39(4)14-16-40)35-32-34-19-24-28(37-32)36-29-23-18-21(30(43)38(2)3)8-10-26(23)41(42(29)31(24)44)27-7-5-6-12-33-27/h5-12,17-19H,13-16H2,1-4H3,(H,34,35,37). The van der Waals surface area contributed by atoms with Crippen molar-refractivity contribution in [3.05, 3.63) is 88.5 Å². The number of carbonyl (C=O) groups excluding carboxylic acids is 1. The van der Waals surface area contributed by atoms with Gasteiger partial charge in [0.05, 0.1) is 5.52 Å². The number of nitrogens with one attached hydrogen (secondary N) is 1. The smallest absolute Gasteiger partial charge is 0.284 e. The second kappa shape index (κ2) is 10.7. The van der Waals surface area contributed by atoms with Gasteiger partial charge in [-0.2, -0.15) is 9.50 Å². The number of piperazine rings is 1. The molecule has 1 aliphatic rings. The van der Waals surface area contributed by atoms with E-state index in [1.165, 1.54) is 21.3 Å². The average molecular weight is 589 g/mol. The maximum absolute atomic E-state index is 14.0. The Balaban J connectivity index is 1.33. The van der Waals surface area contributed by atoms with Crippen molar-refractivity contribution < 1.29 is 4.79 Å². The second-order valence-electron chi connectivity index (χ2n) is 11.3. The van der Waals surface area contributed by atoms with Crippen molar-refractivity contribution in [1.29, 1.82) is 0 Å². The first-order chi connectivity index (χ1) is 21.3. The molecule has 5 heterocycles. The van der Waals surface area contributed by atoms with Crippen molar-refractivity contribution in [2.24, 2.45) is 0 Å². The van der Waals surface area contributed by atoms with Gasteiger partial charge in [-0.25, -0.2) is 19.6 Å². The number of pyridine rings is 1. The molecule has 0 atom stereocenters. The Morgan fingerprint density at radius 2 is 1.75 bits per heavy atom. The van der Waals surface area contributed by atoms with Crippen LogP contribution >= 0.6 is 0 Å². The monoisotopic (exact) mass is 588 g/mol. The number of rotatable bonds is 5. The molecule has 0 saturated carbocycles. The van der Waals surface area contributed by atoms with Gasteiger partial charge in [-0.1, -0.05) is 6.07 Å². The molecule has 222 valence electrons. The molecule has 4 aromatic heterocycles. The third-order valence-electron chi connectivity index (χ3n) is 8.09. The Morgan fingerprint density at radius 3 is 2.48 bits per heavy atom. The molecule has 7 rings (SSSR count). The van der Waals surface area contributed by atoms with Crippen LogP contribution in [0.5, 0.6) is 0 Å². The summed E-state index contributed by atoms with van der Waals surface area (Å²) >= 11 is 0. The Hall–Kier alpha value is -5.36. The molecule has 1 amide bonds. The predicted molar refractivity (Wildman–Crippen MR) is 171 cm³/mol. The highest BCUT2D eigenvalue weighted by Crippen LogP contribution is 2.28. The summed E-state index contributed by atoms with van der Waals surface area (Å²) in [5, 5.41) is 4.18. The number of hydrogen-bond acceptors (Lipinski definition) is 9. The van der Waals surface area contributed by atoms with Crippen LogP contribution in [-0.2, 0) is 0 Å². The largest absolute Gasteiger partial charge is 0.369 e. The van der Waals surface area contributed by atoms with E-state index in [0.29, 0.717) is 33.9 Å². The number of amides is 1. The minimum absolute atomic E-state index is 0.151. The van der Waals surface area contributed by atoms with Gasteiger partial charge in [0, 0.05) is 75.0 Å². The fraction of sp³-hybridized carbons (Fsp3) is 0.250. The number of benzene rings is 2. The first-order valence-electron chi connectivity index (χ1n) is 14.5. The Kier molecular flexibility index (Phi) is 6.70. The van der Waals surface area contributed by atoms with Crippen molar-refractivity contribution in [3.8, 4) is 5.82 Å². The molecule has 0 bridgehead atoms. The van der Waals surface area contributed by atoms with Crippen molar-refractivity contribution in [2.75, 3.05) is 57.5 Å². The lowest BCUT2D eigenvalue weighted by Crippen LogP contribution is -2.44. The molecular formula is C32H32N10O2. The number of nitrogens with zero attached hydrogens (tertiary/aromatic N) is 9. The van der Waals surface area contributed by atoms with E-state index in [-0.39, 0.29) is 22.5 Å². The average Bonchev–Trinajstić information content (AvgIpc) is 3.35. The minimum Gasteiger partial charge on any atom is -0.369 e. The van der Waals surface area contributed by atoms with Gasteiger partial charge in [-0.15, -0.1) is 0 Å². The SMILES string of the molecule is Cc1cc(Nc2ncc3c(=O)n4c(nc3n2)c2cc(C(=O)N(C)C)ccc2n4-c2ccccn2)ccc1N1CCN(C)CC1. The van der Waals surface area contributed by atoms with E-state index >= 15 is 0 Å². The number of carbonyl (C=O) groups is 1. The molecule has 1 aliphatic heterocycles. The summed E-state index contributed by atoms with van der Waals surface area (Å²) in [5.74, 6) is 0.719. The zero-order valence-corrected chi connectivity index (χ0v) is 25.0. The zero-order chi connectivity index (χ0) is 30.5. The van der Waals surface area contributed by atoms with Crippen molar-refractivity contribution >= 4 is 50.8 Å². The van der Waals surface area contributed by atoms with Gasteiger partial charge in [0.1, 0.15) is 5.39 Å². The molecule has 12 heteroatoms. The molecule has 2 aromatic carbocycles. The van der Waals surface area contributed by atoms with Crippen LogP contribution in [0.2, 0.25) is 0 Å². The van der Waals surface area contributed by atoms with Crippen LogP contribution in [0.1, 0.15) is 15.9 Å². The van der Waals surface area contributed by atoms with Crippen LogP contribution in [0, 0.1) is 6.92 Å². The summed E-state index contributed by atoms with van der Waals surface area (Å²) in [5.41, 5.74) is 4.66. The number of anilines is 3. The van der Waals surface area contributed by atoms with E-state index in [0.717, 1.165) is 37.4 Å². The molecule has 6 aromatic rings. The topological polar surface area (TPSA) is 117 Å². The van der Waals surface area contributed by atoms with E-state index in [1.54, 1.807) is 37.1 Å². The molecule has 0 unspecified atom stereocenters. The lowest BCUT2D eigenvalue weighted by atomic mass is 10.1. The number of hydrogen-bond donors (Lipinski definition) is 1. The van der Waals surface area contributed by atoms with Crippen molar-refractivity contribution in [3.63, 3.8) is 0 Å². The molecule has 0 spiro atoms. The fourth-order valence-electron chi connectivity index (χ4n) is 5.76. The number of aromatic nitrogens is 6. The molecule has 1 fully saturated rings. The lowest BCUT2D eigenvalue weighted by molar-refractivity contribution is 0.0828. The molecule has 1 N–H and O–H groups in total. The highest BCUT2D eigenvalue weighted by Gasteiger charge is 2.21. The summed E-state index contributed by atoms with van der Waals surface area (Å²) in [6.07, 6.45) is 3.16. The molecule has 1 saturated heterocycles. The van der Waals surface area contributed by atoms with Gasteiger partial charge in [0.15, 0.2) is 17.1 Å². The molecule has 0 aliphatic carbocycles. The highest BCUT2D eigenvalue weighted by molar-refractivity contribution is 6.02. The maximum Gasteiger partial charge on any atom is 0.284 e. The van der Waals surface area contributed by atoms with E-state index in [1.807, 2.05) is 30.3 Å². The van der Waals surface area contributed by atoms with Crippen LogP contribution in [0.15, 0.2) is 71.8 Å². The van der Waals surface area contributed by atoms with Gasteiger partial charge in [0.2, 0.25) is 5.95 Å². The molecular weight excluding hydrogens is 556 g/mol. The minimum atomic E-state index is -0.341. The van der Waals surface area contributed by atoms with Crippen LogP contribution < -0.4 is 15.8 Å². The predicted octanol–water partition coefficient (Wildman–Crippen LogP) is 3.48. The summed E-state index contributed by atoms with van der Waals surface area (Å²) in [4.78, 5) is 51.5. The Labute approximate surface area is 253 Å². The van der Waals surface area contributed by atoms with Gasteiger partial charge in [-0.3, -0.25) is 9.59 Å². The van der Waals surface area contributed by atoms with Gasteiger partial charge in [0.25, 0.3) is 11.5 Å². The number of likely N-dealkylation sites (N-methyl/N-ethyl adjacent to an activating group) is 1. The molecule has 44 heavy (non-hydrogen) atoms.